The largest absolute Gasteiger partial charge is 0.309 e. The van der Waals surface area contributed by atoms with Crippen LogP contribution in [0.25, 0.3) is 86.3 Å². The summed E-state index contributed by atoms with van der Waals surface area (Å²) in [6, 6.07) is 57.5. The minimum absolute atomic E-state index is 1.17. The van der Waals surface area contributed by atoms with Crippen LogP contribution in [0.2, 0.25) is 0 Å². The fourth-order valence-electron chi connectivity index (χ4n) is 7.42. The van der Waals surface area contributed by atoms with E-state index in [-0.39, 0.29) is 0 Å². The van der Waals surface area contributed by atoms with Gasteiger partial charge in [-0.05, 0) is 65.7 Å². The lowest BCUT2D eigenvalue weighted by Crippen LogP contribution is -1.94. The van der Waals surface area contributed by atoms with Crippen molar-refractivity contribution in [2.75, 3.05) is 0 Å². The summed E-state index contributed by atoms with van der Waals surface area (Å²) in [7, 11) is 0. The third-order valence-corrected chi connectivity index (χ3v) is 10.5. The van der Waals surface area contributed by atoms with Crippen molar-refractivity contribution >= 4 is 75.1 Å². The van der Waals surface area contributed by atoms with Gasteiger partial charge in [-0.2, -0.15) is 0 Å². The van der Waals surface area contributed by atoms with Crippen LogP contribution in [0.5, 0.6) is 0 Å². The number of hydrogen-bond acceptors (Lipinski definition) is 1. The molecule has 0 spiro atoms. The number of fused-ring (bicyclic) bond motifs is 10. The summed E-state index contributed by atoms with van der Waals surface area (Å²) in [5.41, 5.74) is 9.76. The summed E-state index contributed by atoms with van der Waals surface area (Å²) in [6.07, 6.45) is 0. The molecule has 0 unspecified atom stereocenters. The van der Waals surface area contributed by atoms with Crippen LogP contribution in [0.1, 0.15) is 0 Å². The lowest BCUT2D eigenvalue weighted by atomic mass is 10.0. The highest BCUT2D eigenvalue weighted by molar-refractivity contribution is 7.26. The second-order valence-corrected chi connectivity index (χ2v) is 12.8. The molecule has 0 fully saturated rings. The fourth-order valence-corrected chi connectivity index (χ4v) is 8.65. The van der Waals surface area contributed by atoms with Gasteiger partial charge in [0.2, 0.25) is 0 Å². The molecule has 0 amide bonds. The van der Waals surface area contributed by atoms with Crippen molar-refractivity contribution < 1.29 is 0 Å². The Kier molecular flexibility index (Phi) is 5.19. The molecule has 0 bridgehead atoms. The topological polar surface area (TPSA) is 9.86 Å². The lowest BCUT2D eigenvalue weighted by Gasteiger charge is -2.10. The molecule has 10 aromatic rings. The Hall–Kier alpha value is -5.64. The molecule has 45 heavy (non-hydrogen) atoms. The van der Waals surface area contributed by atoms with E-state index in [9.17, 15) is 0 Å². The Morgan fingerprint density at radius 2 is 0.889 bits per heavy atom. The van der Waals surface area contributed by atoms with E-state index in [1.165, 1.54) is 86.3 Å². The first-order chi connectivity index (χ1) is 22.3. The molecule has 7 aromatic carbocycles. The van der Waals surface area contributed by atoms with Gasteiger partial charge < -0.3 is 9.13 Å². The van der Waals surface area contributed by atoms with Crippen molar-refractivity contribution in [1.29, 1.82) is 0 Å². The van der Waals surface area contributed by atoms with Crippen LogP contribution in [0.4, 0.5) is 0 Å². The van der Waals surface area contributed by atoms with E-state index >= 15 is 0 Å². The zero-order valence-electron chi connectivity index (χ0n) is 24.3. The molecule has 3 aromatic heterocycles. The first-order valence-electron chi connectivity index (χ1n) is 15.4. The van der Waals surface area contributed by atoms with E-state index in [1.807, 2.05) is 11.3 Å². The summed E-state index contributed by atoms with van der Waals surface area (Å²) < 4.78 is 7.52. The van der Waals surface area contributed by atoms with Gasteiger partial charge >= 0.3 is 0 Å². The van der Waals surface area contributed by atoms with Gasteiger partial charge in [-0.1, -0.05) is 103 Å². The Morgan fingerprint density at radius 1 is 0.356 bits per heavy atom. The molecule has 210 valence electrons. The van der Waals surface area contributed by atoms with Gasteiger partial charge in [0.1, 0.15) is 0 Å². The van der Waals surface area contributed by atoms with Gasteiger partial charge in [0.15, 0.2) is 0 Å². The third-order valence-electron chi connectivity index (χ3n) is 9.33. The predicted octanol–water partition coefficient (Wildman–Crippen LogP) is 11.9. The van der Waals surface area contributed by atoms with Crippen LogP contribution in [0.15, 0.2) is 158 Å². The van der Waals surface area contributed by atoms with E-state index in [1.54, 1.807) is 0 Å². The van der Waals surface area contributed by atoms with E-state index in [2.05, 4.69) is 167 Å². The highest BCUT2D eigenvalue weighted by Crippen LogP contribution is 2.43. The van der Waals surface area contributed by atoms with Crippen LogP contribution < -0.4 is 0 Å². The van der Waals surface area contributed by atoms with Gasteiger partial charge in [-0.3, -0.25) is 0 Å². The molecule has 0 aliphatic heterocycles. The van der Waals surface area contributed by atoms with Crippen LogP contribution in [-0.4, -0.2) is 9.13 Å². The Morgan fingerprint density at radius 3 is 1.56 bits per heavy atom. The molecule has 0 radical (unpaired) electrons. The van der Waals surface area contributed by atoms with Gasteiger partial charge in [0.25, 0.3) is 0 Å². The average Bonchev–Trinajstić information content (AvgIpc) is 3.76. The summed E-state index contributed by atoms with van der Waals surface area (Å²) in [5, 5.41) is 7.81. The quantitative estimate of drug-likeness (QED) is 0.194. The molecule has 0 saturated carbocycles. The molecule has 0 aliphatic rings. The highest BCUT2D eigenvalue weighted by atomic mass is 32.1. The molecular formula is C42H26N2S. The zero-order valence-corrected chi connectivity index (χ0v) is 25.1. The predicted molar refractivity (Wildman–Crippen MR) is 193 cm³/mol. The lowest BCUT2D eigenvalue weighted by molar-refractivity contribution is 1.17. The van der Waals surface area contributed by atoms with Crippen LogP contribution in [-0.2, 0) is 0 Å². The minimum Gasteiger partial charge on any atom is -0.309 e. The Balaban J connectivity index is 1.22. The van der Waals surface area contributed by atoms with Crippen molar-refractivity contribution in [3.63, 3.8) is 0 Å². The number of rotatable bonds is 3. The second-order valence-electron chi connectivity index (χ2n) is 11.7. The molecule has 0 aliphatic carbocycles. The van der Waals surface area contributed by atoms with Gasteiger partial charge in [-0.25, -0.2) is 0 Å². The molecule has 0 N–H and O–H groups in total. The van der Waals surface area contributed by atoms with Crippen molar-refractivity contribution in [3.8, 4) is 22.5 Å². The maximum Gasteiger partial charge on any atom is 0.0548 e. The number of para-hydroxylation sites is 3. The third kappa shape index (κ3) is 3.50. The second kappa shape index (κ2) is 9.43. The minimum atomic E-state index is 1.17. The first-order valence-corrected chi connectivity index (χ1v) is 16.2. The van der Waals surface area contributed by atoms with Crippen molar-refractivity contribution in [2.24, 2.45) is 0 Å². The van der Waals surface area contributed by atoms with E-state index < -0.39 is 0 Å². The molecule has 3 heterocycles. The van der Waals surface area contributed by atoms with Gasteiger partial charge in [0, 0.05) is 53.1 Å². The average molecular weight is 591 g/mol. The Labute approximate surface area is 263 Å². The normalized spacial score (nSPS) is 12.0. The fraction of sp³-hybridized carbons (Fsp3) is 0. The zero-order chi connectivity index (χ0) is 29.5. The monoisotopic (exact) mass is 590 g/mol. The van der Waals surface area contributed by atoms with Crippen LogP contribution >= 0.6 is 11.3 Å². The molecular weight excluding hydrogens is 565 g/mol. The van der Waals surface area contributed by atoms with Crippen molar-refractivity contribution in [3.05, 3.63) is 158 Å². The summed E-state index contributed by atoms with van der Waals surface area (Å²) >= 11 is 1.88. The van der Waals surface area contributed by atoms with Gasteiger partial charge in [0.05, 0.1) is 22.1 Å². The maximum atomic E-state index is 2.43. The number of benzene rings is 7. The van der Waals surface area contributed by atoms with E-state index in [4.69, 9.17) is 0 Å². The summed E-state index contributed by atoms with van der Waals surface area (Å²) in [5.74, 6) is 0. The maximum absolute atomic E-state index is 2.43. The number of thiophene rings is 1. The van der Waals surface area contributed by atoms with Crippen LogP contribution in [0.3, 0.4) is 0 Å². The van der Waals surface area contributed by atoms with E-state index in [0.29, 0.717) is 0 Å². The van der Waals surface area contributed by atoms with Gasteiger partial charge in [-0.15, -0.1) is 11.3 Å². The van der Waals surface area contributed by atoms with Crippen molar-refractivity contribution in [1.82, 2.24) is 9.13 Å². The van der Waals surface area contributed by atoms with Crippen LogP contribution in [0, 0.1) is 0 Å². The summed E-state index contributed by atoms with van der Waals surface area (Å²) in [4.78, 5) is 0. The number of nitrogens with zero attached hydrogens (tertiary/aromatic N) is 2. The smallest absolute Gasteiger partial charge is 0.0548 e. The molecule has 3 heteroatoms. The first kappa shape index (κ1) is 24.8. The van der Waals surface area contributed by atoms with E-state index in [0.717, 1.165) is 0 Å². The highest BCUT2D eigenvalue weighted by Gasteiger charge is 2.20. The molecule has 0 atom stereocenters. The molecule has 2 nitrogen and oxygen atoms in total. The number of aromatic nitrogens is 2. The standard InChI is InChI=1S/C42H26N2S/c1-2-11-28(12-3-1)43-35-18-7-4-14-33(35)40-37(43)25-26-38-41(40)34-15-5-8-19-36(34)44(38)29-23-21-27(22-24-29)30-16-10-17-32-31-13-6-9-20-39(31)45-42(30)32/h1-26H. The molecule has 0 saturated heterocycles. The summed E-state index contributed by atoms with van der Waals surface area (Å²) in [6.45, 7) is 0. The van der Waals surface area contributed by atoms with Crippen molar-refractivity contribution in [2.45, 2.75) is 0 Å². The Bertz CT molecular complexity index is 2740. The SMILES string of the molecule is c1ccc(-n2c3ccccc3c3c4c5ccccc5n(-c5ccc(-c6cccc7c6sc6ccccc67)cc5)c4ccc32)cc1. The number of hydrogen-bond donors (Lipinski definition) is 0. The molecule has 10 rings (SSSR count).